The first kappa shape index (κ1) is 21.6. The van der Waals surface area contributed by atoms with Crippen LogP contribution in [0.3, 0.4) is 0 Å². The van der Waals surface area contributed by atoms with Gasteiger partial charge in [0, 0.05) is 10.0 Å². The minimum Gasteiger partial charge on any atom is -0.446 e. The number of carbonyl (C=O) groups excluding carboxylic acids is 2. The molecule has 0 aliphatic rings. The quantitative estimate of drug-likeness (QED) is 0.573. The first-order valence-corrected chi connectivity index (χ1v) is 10.3. The van der Waals surface area contributed by atoms with E-state index < -0.39 is 34.5 Å². The lowest BCUT2D eigenvalue weighted by Crippen LogP contribution is -2.34. The van der Waals surface area contributed by atoms with Crippen molar-refractivity contribution in [3.8, 4) is 0 Å². The van der Waals surface area contributed by atoms with Gasteiger partial charge in [-0.25, -0.2) is 8.42 Å². The van der Waals surface area contributed by atoms with Crippen molar-refractivity contribution in [3.05, 3.63) is 62.5 Å². The topological polar surface area (TPSA) is 116 Å². The highest BCUT2D eigenvalue weighted by atomic mass is 79.9. The van der Waals surface area contributed by atoms with Gasteiger partial charge in [-0.1, -0.05) is 69.5 Å². The van der Waals surface area contributed by atoms with Crippen LogP contribution in [0.1, 0.15) is 11.7 Å². The number of hydrogen-bond donors (Lipinski definition) is 2. The molecule has 0 saturated carbocycles. The van der Waals surface area contributed by atoms with E-state index in [-0.39, 0.29) is 14.9 Å². The summed E-state index contributed by atoms with van der Waals surface area (Å²) < 4.78 is 32.3. The van der Waals surface area contributed by atoms with Crippen LogP contribution in [-0.2, 0) is 24.3 Å². The first-order valence-electron chi connectivity index (χ1n) is 7.30. The van der Waals surface area contributed by atoms with E-state index in [1.165, 1.54) is 12.1 Å². The van der Waals surface area contributed by atoms with Gasteiger partial charge in [-0.3, -0.25) is 9.59 Å². The molecule has 0 aromatic heterocycles. The van der Waals surface area contributed by atoms with Gasteiger partial charge in [0.25, 0.3) is 5.91 Å². The van der Waals surface area contributed by atoms with Crippen molar-refractivity contribution in [2.24, 2.45) is 5.73 Å². The number of benzene rings is 2. The predicted molar refractivity (Wildman–Crippen MR) is 104 cm³/mol. The third kappa shape index (κ3) is 5.66. The van der Waals surface area contributed by atoms with Crippen molar-refractivity contribution in [3.63, 3.8) is 0 Å². The van der Waals surface area contributed by atoms with Gasteiger partial charge in [0.15, 0.2) is 0 Å². The van der Waals surface area contributed by atoms with Crippen LogP contribution < -0.4 is 10.5 Å². The molecule has 2 aromatic carbocycles. The summed E-state index contributed by atoms with van der Waals surface area (Å²) in [5.74, 6) is -1.90. The zero-order valence-electron chi connectivity index (χ0n) is 13.5. The monoisotopic (exact) mass is 494 g/mol. The summed E-state index contributed by atoms with van der Waals surface area (Å²) >= 11 is 15.0. The third-order valence-electron chi connectivity index (χ3n) is 3.25. The van der Waals surface area contributed by atoms with Crippen LogP contribution in [0.2, 0.25) is 10.0 Å². The number of nitrogens with one attached hydrogen (secondary N) is 1. The molecule has 0 spiro atoms. The van der Waals surface area contributed by atoms with Crippen molar-refractivity contribution in [1.82, 2.24) is 4.72 Å². The number of amides is 1. The molecule has 0 aliphatic heterocycles. The number of nitrogens with two attached hydrogens (primary N) is 1. The number of rotatable bonds is 7. The van der Waals surface area contributed by atoms with Crippen LogP contribution in [0.4, 0.5) is 0 Å². The highest BCUT2D eigenvalue weighted by molar-refractivity contribution is 9.10. The normalized spacial score (nSPS) is 12.4. The van der Waals surface area contributed by atoms with E-state index in [0.717, 1.165) is 0 Å². The summed E-state index contributed by atoms with van der Waals surface area (Å²) in [6, 6.07) is 10.8. The summed E-state index contributed by atoms with van der Waals surface area (Å²) in [5, 5.41) is -0.260. The molecule has 2 aromatic rings. The molecule has 0 bridgehead atoms. The summed E-state index contributed by atoms with van der Waals surface area (Å²) in [4.78, 5) is 23.2. The predicted octanol–water partition coefficient (Wildman–Crippen LogP) is 2.80. The minimum atomic E-state index is -4.21. The van der Waals surface area contributed by atoms with Gasteiger partial charge in [0.05, 0.1) is 10.0 Å². The number of sulfonamides is 1. The Morgan fingerprint density at radius 3 is 2.22 bits per heavy atom. The van der Waals surface area contributed by atoms with Crippen LogP contribution in [-0.4, -0.2) is 26.8 Å². The average Bonchev–Trinajstić information content (AvgIpc) is 2.57. The molecule has 144 valence electrons. The molecule has 0 aliphatic carbocycles. The Bertz CT molecular complexity index is 947. The van der Waals surface area contributed by atoms with Crippen molar-refractivity contribution in [2.75, 3.05) is 6.54 Å². The minimum absolute atomic E-state index is 0.130. The number of primary amides is 1. The maximum absolute atomic E-state index is 12.4. The van der Waals surface area contributed by atoms with Crippen LogP contribution in [0.5, 0.6) is 0 Å². The molecule has 1 amide bonds. The fraction of sp³-hybridized carbons (Fsp3) is 0.125. The van der Waals surface area contributed by atoms with Gasteiger partial charge in [-0.15, -0.1) is 0 Å². The van der Waals surface area contributed by atoms with E-state index in [0.29, 0.717) is 10.0 Å². The molecule has 7 nitrogen and oxygen atoms in total. The van der Waals surface area contributed by atoms with Crippen molar-refractivity contribution < 1.29 is 22.7 Å². The molecule has 1 atom stereocenters. The Labute approximate surface area is 174 Å². The van der Waals surface area contributed by atoms with Gasteiger partial charge < -0.3 is 10.5 Å². The Morgan fingerprint density at radius 2 is 1.70 bits per heavy atom. The Balaban J connectivity index is 2.11. The van der Waals surface area contributed by atoms with Crippen molar-refractivity contribution in [2.45, 2.75) is 11.0 Å². The molecule has 0 saturated heterocycles. The molecule has 11 heteroatoms. The molecule has 1 unspecified atom stereocenters. The molecule has 2 rings (SSSR count). The number of hydrogen-bond acceptors (Lipinski definition) is 5. The van der Waals surface area contributed by atoms with E-state index >= 15 is 0 Å². The Morgan fingerprint density at radius 1 is 1.15 bits per heavy atom. The second-order valence-electron chi connectivity index (χ2n) is 5.21. The first-order chi connectivity index (χ1) is 12.6. The van der Waals surface area contributed by atoms with Crippen LogP contribution in [0, 0.1) is 0 Å². The molecular formula is C16H13BrCl2N2O5S. The SMILES string of the molecule is NC(=O)C(OC(=O)CNS(=O)(=O)c1c(Cl)cc(Br)cc1Cl)c1ccccc1. The smallest absolute Gasteiger partial charge is 0.322 e. The van der Waals surface area contributed by atoms with E-state index in [9.17, 15) is 18.0 Å². The van der Waals surface area contributed by atoms with Crippen LogP contribution >= 0.6 is 39.1 Å². The summed E-state index contributed by atoms with van der Waals surface area (Å²) in [7, 11) is -4.21. The number of esters is 1. The molecule has 3 N–H and O–H groups in total. The van der Waals surface area contributed by atoms with Gasteiger partial charge in [-0.05, 0) is 12.1 Å². The fourth-order valence-corrected chi connectivity index (χ4v) is 5.00. The maximum atomic E-state index is 12.4. The zero-order valence-corrected chi connectivity index (χ0v) is 17.4. The lowest BCUT2D eigenvalue weighted by atomic mass is 10.1. The fourth-order valence-electron chi connectivity index (χ4n) is 2.10. The van der Waals surface area contributed by atoms with Crippen LogP contribution in [0.15, 0.2) is 51.8 Å². The zero-order chi connectivity index (χ0) is 20.2. The highest BCUT2D eigenvalue weighted by Crippen LogP contribution is 2.32. The Kier molecular flexibility index (Phi) is 7.24. The van der Waals surface area contributed by atoms with E-state index in [1.54, 1.807) is 30.3 Å². The molecular weight excluding hydrogens is 483 g/mol. The lowest BCUT2D eigenvalue weighted by Gasteiger charge is -2.15. The number of ether oxygens (including phenoxy) is 1. The Hall–Kier alpha value is -1.65. The number of carbonyl (C=O) groups is 2. The second kappa shape index (κ2) is 9.03. The van der Waals surface area contributed by atoms with Crippen molar-refractivity contribution >= 4 is 61.0 Å². The van der Waals surface area contributed by atoms with Crippen LogP contribution in [0.25, 0.3) is 0 Å². The van der Waals surface area contributed by atoms with Gasteiger partial charge >= 0.3 is 5.97 Å². The summed E-state index contributed by atoms with van der Waals surface area (Å²) in [6.45, 7) is -0.748. The van der Waals surface area contributed by atoms with Gasteiger partial charge in [0.1, 0.15) is 11.4 Å². The van der Waals surface area contributed by atoms with E-state index in [4.69, 9.17) is 33.7 Å². The second-order valence-corrected chi connectivity index (χ2v) is 8.64. The number of halogens is 3. The van der Waals surface area contributed by atoms with Gasteiger partial charge in [-0.2, -0.15) is 4.72 Å². The van der Waals surface area contributed by atoms with Gasteiger partial charge in [0.2, 0.25) is 16.1 Å². The third-order valence-corrected chi connectivity index (χ3v) is 6.03. The molecule has 27 heavy (non-hydrogen) atoms. The molecule has 0 heterocycles. The van der Waals surface area contributed by atoms with Crippen molar-refractivity contribution in [1.29, 1.82) is 0 Å². The summed E-state index contributed by atoms with van der Waals surface area (Å²) in [6.07, 6.45) is -1.34. The maximum Gasteiger partial charge on any atom is 0.322 e. The lowest BCUT2D eigenvalue weighted by molar-refractivity contribution is -0.154. The summed E-state index contributed by atoms with van der Waals surface area (Å²) in [5.41, 5.74) is 5.61. The van der Waals surface area contributed by atoms with E-state index in [2.05, 4.69) is 15.9 Å². The molecule has 0 fully saturated rings. The highest BCUT2D eigenvalue weighted by Gasteiger charge is 2.26. The standard InChI is InChI=1S/C16H13BrCl2N2O5S/c17-10-6-11(18)15(12(19)7-10)27(24,25)21-8-13(22)26-14(16(20)23)9-4-2-1-3-5-9/h1-7,14,21H,8H2,(H2,20,23). The average molecular weight is 496 g/mol. The van der Waals surface area contributed by atoms with E-state index in [1.807, 2.05) is 4.72 Å². The largest absolute Gasteiger partial charge is 0.446 e. The molecule has 0 radical (unpaired) electrons.